The Morgan fingerprint density at radius 1 is 1.16 bits per heavy atom. The third-order valence-electron chi connectivity index (χ3n) is 3.56. The molecule has 0 radical (unpaired) electrons. The fourth-order valence-electron chi connectivity index (χ4n) is 1.88. The summed E-state index contributed by atoms with van der Waals surface area (Å²) in [6.07, 6.45) is 3.41. The number of nitrogens with two attached hydrogens (primary N) is 2. The lowest BCUT2D eigenvalue weighted by Gasteiger charge is -2.16. The van der Waals surface area contributed by atoms with E-state index < -0.39 is 48.4 Å². The minimum atomic E-state index is -1.22. The maximum absolute atomic E-state index is 11.5. The molecule has 2 amide bonds. The van der Waals surface area contributed by atoms with E-state index >= 15 is 0 Å². The summed E-state index contributed by atoms with van der Waals surface area (Å²) in [5, 5.41) is 21.1. The molecule has 9 N–H and O–H groups in total. The molecule has 0 saturated carbocycles. The number of nitrogens with zero attached hydrogens (tertiary/aromatic N) is 1. The second-order valence-corrected chi connectivity index (χ2v) is 6.93. The number of amides is 2. The first-order chi connectivity index (χ1) is 14.5. The lowest BCUT2D eigenvalue weighted by molar-refractivity contribution is -0.139. The van der Waals surface area contributed by atoms with Crippen LogP contribution in [0.15, 0.2) is 12.5 Å². The maximum atomic E-state index is 11.5. The van der Waals surface area contributed by atoms with Crippen molar-refractivity contribution in [1.29, 1.82) is 0 Å². The summed E-state index contributed by atoms with van der Waals surface area (Å²) in [5.41, 5.74) is 11.5. The molecule has 0 aliphatic carbocycles. The van der Waals surface area contributed by atoms with Crippen molar-refractivity contribution in [2.45, 2.75) is 37.4 Å². The van der Waals surface area contributed by atoms with Crippen LogP contribution in [0.5, 0.6) is 0 Å². The van der Waals surface area contributed by atoms with E-state index in [-0.39, 0.29) is 23.7 Å². The van der Waals surface area contributed by atoms with E-state index in [1.165, 1.54) is 0 Å². The number of imidazole rings is 1. The van der Waals surface area contributed by atoms with Crippen molar-refractivity contribution in [3.8, 4) is 0 Å². The van der Waals surface area contributed by atoms with Gasteiger partial charge in [-0.3, -0.25) is 24.0 Å². The van der Waals surface area contributed by atoms with Gasteiger partial charge in [0, 0.05) is 30.5 Å². The second-order valence-electron chi connectivity index (χ2n) is 6.12. The SMILES string of the molecule is N[C@@H](CCC(=O)N[C@@H](CS)C(=O)NCC(=O)O)C(=O)O.N[C@@H](Cc1cnc[nH]1)C(=O)S. The molecule has 1 rings (SSSR count). The lowest BCUT2D eigenvalue weighted by Crippen LogP contribution is -2.49. The van der Waals surface area contributed by atoms with Crippen LogP contribution in [0.25, 0.3) is 0 Å². The Bertz CT molecular complexity index is 747. The summed E-state index contributed by atoms with van der Waals surface area (Å²) in [6, 6.07) is -2.69. The zero-order valence-corrected chi connectivity index (χ0v) is 18.1. The van der Waals surface area contributed by atoms with E-state index in [9.17, 15) is 24.0 Å². The Morgan fingerprint density at radius 3 is 2.26 bits per heavy atom. The predicted molar refractivity (Wildman–Crippen MR) is 116 cm³/mol. The predicted octanol–water partition coefficient (Wildman–Crippen LogP) is -2.47. The first kappa shape index (κ1) is 28.4. The summed E-state index contributed by atoms with van der Waals surface area (Å²) in [6.45, 7) is -0.567. The number of hydrogen-bond acceptors (Lipinski definition) is 9. The Kier molecular flexibility index (Phi) is 13.9. The number of carboxylic acids is 2. The number of H-pyrrole nitrogens is 1. The number of hydrogen-bond donors (Lipinski definition) is 9. The van der Waals surface area contributed by atoms with Gasteiger partial charge in [-0.1, -0.05) is 0 Å². The van der Waals surface area contributed by atoms with Gasteiger partial charge in [0.05, 0.1) is 12.4 Å². The average Bonchev–Trinajstić information content (AvgIpc) is 3.21. The molecule has 0 saturated heterocycles. The zero-order valence-electron chi connectivity index (χ0n) is 16.4. The van der Waals surface area contributed by atoms with Crippen LogP contribution in [-0.2, 0) is 30.4 Å². The molecule has 0 unspecified atom stereocenters. The van der Waals surface area contributed by atoms with Gasteiger partial charge in [0.2, 0.25) is 16.9 Å². The quantitative estimate of drug-likeness (QED) is 0.144. The third kappa shape index (κ3) is 13.3. The van der Waals surface area contributed by atoms with E-state index in [0.29, 0.717) is 6.42 Å². The van der Waals surface area contributed by atoms with E-state index in [0.717, 1.165) is 5.69 Å². The topological polar surface area (TPSA) is 231 Å². The highest BCUT2D eigenvalue weighted by atomic mass is 32.1. The highest BCUT2D eigenvalue weighted by Gasteiger charge is 2.21. The third-order valence-corrected chi connectivity index (χ3v) is 4.26. The summed E-state index contributed by atoms with van der Waals surface area (Å²) in [7, 11) is 0. The van der Waals surface area contributed by atoms with Crippen LogP contribution in [0.1, 0.15) is 18.5 Å². The van der Waals surface area contributed by atoms with E-state index in [4.69, 9.17) is 21.7 Å². The molecule has 1 aromatic rings. The van der Waals surface area contributed by atoms with Gasteiger partial charge in [0.1, 0.15) is 18.6 Å². The molecule has 0 aromatic carbocycles. The second kappa shape index (κ2) is 15.2. The summed E-state index contributed by atoms with van der Waals surface area (Å²) < 4.78 is 0. The summed E-state index contributed by atoms with van der Waals surface area (Å²) in [5.74, 6) is -3.70. The zero-order chi connectivity index (χ0) is 24.0. The summed E-state index contributed by atoms with van der Waals surface area (Å²) in [4.78, 5) is 60.9. The minimum absolute atomic E-state index is 0.0256. The van der Waals surface area contributed by atoms with Gasteiger partial charge < -0.3 is 37.3 Å². The molecular formula is C16H26N6O7S2. The number of aromatic nitrogens is 2. The standard InChI is InChI=1S/C10H17N3O6S.C6H9N3OS/c11-5(10(18)19)1-2-7(14)13-6(4-20)9(17)12-3-8(15)16;7-5(6(10)11)1-4-2-8-3-9-4/h5-6,20H,1-4,11H2,(H,12,17)(H,13,14)(H,15,16)(H,18,19);2-3,5H,1,7H2,(H,8,9)(H,10,11)/t5-,6-;5-/m00/s1. The molecule has 0 spiro atoms. The number of nitrogens with one attached hydrogen (secondary N) is 3. The number of aliphatic carboxylic acids is 2. The van der Waals surface area contributed by atoms with E-state index in [1.54, 1.807) is 12.5 Å². The van der Waals surface area contributed by atoms with Crippen LogP contribution >= 0.6 is 25.3 Å². The van der Waals surface area contributed by atoms with Gasteiger partial charge in [-0.2, -0.15) is 12.6 Å². The number of thiol groups is 2. The Hall–Kier alpha value is -2.62. The summed E-state index contributed by atoms with van der Waals surface area (Å²) >= 11 is 7.48. The van der Waals surface area contributed by atoms with Crippen LogP contribution in [0.2, 0.25) is 0 Å². The molecule has 1 aromatic heterocycles. The van der Waals surface area contributed by atoms with Crippen LogP contribution in [-0.4, -0.2) is 79.5 Å². The molecule has 31 heavy (non-hydrogen) atoms. The van der Waals surface area contributed by atoms with Crippen molar-refractivity contribution >= 4 is 54.1 Å². The van der Waals surface area contributed by atoms with Crippen molar-refractivity contribution in [2.24, 2.45) is 11.5 Å². The molecule has 0 bridgehead atoms. The first-order valence-corrected chi connectivity index (χ1v) is 9.89. The highest BCUT2D eigenvalue weighted by molar-refractivity contribution is 7.96. The smallest absolute Gasteiger partial charge is 0.322 e. The van der Waals surface area contributed by atoms with Crippen LogP contribution in [0.3, 0.4) is 0 Å². The normalized spacial score (nSPS) is 13.0. The van der Waals surface area contributed by atoms with Crippen LogP contribution < -0.4 is 22.1 Å². The molecule has 13 nitrogen and oxygen atoms in total. The molecule has 174 valence electrons. The van der Waals surface area contributed by atoms with Crippen molar-refractivity contribution in [3.05, 3.63) is 18.2 Å². The molecular weight excluding hydrogens is 452 g/mol. The lowest BCUT2D eigenvalue weighted by atomic mass is 10.1. The largest absolute Gasteiger partial charge is 0.480 e. The number of aromatic amines is 1. The average molecular weight is 479 g/mol. The molecule has 0 aliphatic rings. The number of carboxylic acid groups (broad SMARTS) is 2. The minimum Gasteiger partial charge on any atom is -0.480 e. The van der Waals surface area contributed by atoms with Gasteiger partial charge in [0.25, 0.3) is 0 Å². The fraction of sp³-hybridized carbons (Fsp3) is 0.500. The molecule has 0 aliphatic heterocycles. The van der Waals surface area contributed by atoms with Gasteiger partial charge >= 0.3 is 11.9 Å². The van der Waals surface area contributed by atoms with Crippen molar-refractivity contribution in [3.63, 3.8) is 0 Å². The molecule has 3 atom stereocenters. The molecule has 15 heteroatoms. The number of carbonyl (C=O) groups excluding carboxylic acids is 3. The Labute approximate surface area is 188 Å². The van der Waals surface area contributed by atoms with Crippen molar-refractivity contribution < 1.29 is 34.2 Å². The van der Waals surface area contributed by atoms with Gasteiger partial charge in [-0.05, 0) is 6.42 Å². The van der Waals surface area contributed by atoms with Crippen molar-refractivity contribution in [2.75, 3.05) is 12.3 Å². The number of carbonyl (C=O) groups is 5. The van der Waals surface area contributed by atoms with Gasteiger partial charge in [0.15, 0.2) is 0 Å². The van der Waals surface area contributed by atoms with E-state index in [1.807, 2.05) is 0 Å². The van der Waals surface area contributed by atoms with Crippen LogP contribution in [0, 0.1) is 0 Å². The molecule has 0 fully saturated rings. The number of rotatable bonds is 12. The monoisotopic (exact) mass is 478 g/mol. The maximum Gasteiger partial charge on any atom is 0.322 e. The first-order valence-electron chi connectivity index (χ1n) is 8.81. The highest BCUT2D eigenvalue weighted by Crippen LogP contribution is 1.98. The fourth-order valence-corrected chi connectivity index (χ4v) is 2.23. The molecule has 1 heterocycles. The van der Waals surface area contributed by atoms with Gasteiger partial charge in [-0.25, -0.2) is 4.98 Å². The Balaban J connectivity index is 0.000000683. The Morgan fingerprint density at radius 2 is 1.81 bits per heavy atom. The van der Waals surface area contributed by atoms with Crippen LogP contribution in [0.4, 0.5) is 0 Å². The van der Waals surface area contributed by atoms with Gasteiger partial charge in [-0.15, -0.1) is 12.6 Å². The van der Waals surface area contributed by atoms with Crippen molar-refractivity contribution in [1.82, 2.24) is 20.6 Å². The van der Waals surface area contributed by atoms with E-state index in [2.05, 4.69) is 45.9 Å².